The second-order valence-electron chi connectivity index (χ2n) is 4.53. The van der Waals surface area contributed by atoms with E-state index in [4.69, 9.17) is 9.47 Å². The van der Waals surface area contributed by atoms with E-state index in [0.717, 1.165) is 52.4 Å². The molecule has 0 saturated carbocycles. The maximum atomic E-state index is 5.69. The van der Waals surface area contributed by atoms with Crippen LogP contribution in [-0.2, 0) is 9.47 Å². The lowest BCUT2D eigenvalue weighted by Gasteiger charge is -2.23. The van der Waals surface area contributed by atoms with Crippen molar-refractivity contribution in [3.05, 3.63) is 0 Å². The lowest BCUT2D eigenvalue weighted by molar-refractivity contribution is -0.145. The first-order valence-electron chi connectivity index (χ1n) is 5.93. The Morgan fingerprint density at radius 3 is 2.73 bits per heavy atom. The smallest absolute Gasteiger partial charge is 0.182 e. The molecule has 2 fully saturated rings. The molecule has 88 valence electrons. The summed E-state index contributed by atoms with van der Waals surface area (Å²) < 4.78 is 11.4. The standard InChI is InChI=1S/C11H22N2O2/c1-3-12(2)6-7-13-5-4-11(10-13)14-8-9-15-11/h3-10H2,1-2H3. The number of hydrogen-bond acceptors (Lipinski definition) is 4. The average molecular weight is 214 g/mol. The van der Waals surface area contributed by atoms with Crippen molar-refractivity contribution in [3.8, 4) is 0 Å². The Morgan fingerprint density at radius 1 is 1.33 bits per heavy atom. The number of rotatable bonds is 4. The topological polar surface area (TPSA) is 24.9 Å². The Kier molecular flexibility index (Phi) is 3.61. The quantitative estimate of drug-likeness (QED) is 0.676. The molecule has 2 rings (SSSR count). The fourth-order valence-corrected chi connectivity index (χ4v) is 2.22. The van der Waals surface area contributed by atoms with Crippen LogP contribution in [0.5, 0.6) is 0 Å². The summed E-state index contributed by atoms with van der Waals surface area (Å²) in [4.78, 5) is 4.78. The minimum absolute atomic E-state index is 0.245. The van der Waals surface area contributed by atoms with Gasteiger partial charge in [-0.25, -0.2) is 0 Å². The molecule has 0 radical (unpaired) electrons. The molecule has 2 heterocycles. The van der Waals surface area contributed by atoms with Gasteiger partial charge in [-0.3, -0.25) is 4.90 Å². The maximum Gasteiger partial charge on any atom is 0.182 e. The summed E-state index contributed by atoms with van der Waals surface area (Å²) >= 11 is 0. The summed E-state index contributed by atoms with van der Waals surface area (Å²) in [6.07, 6.45) is 1.03. The molecule has 0 aromatic heterocycles. The van der Waals surface area contributed by atoms with Gasteiger partial charge in [0.25, 0.3) is 0 Å². The third-order valence-electron chi connectivity index (χ3n) is 3.42. The molecule has 0 bridgehead atoms. The summed E-state index contributed by atoms with van der Waals surface area (Å²) in [7, 11) is 2.16. The second-order valence-corrected chi connectivity index (χ2v) is 4.53. The van der Waals surface area contributed by atoms with Crippen molar-refractivity contribution in [1.82, 2.24) is 9.80 Å². The van der Waals surface area contributed by atoms with E-state index < -0.39 is 0 Å². The van der Waals surface area contributed by atoms with Crippen LogP contribution in [-0.4, -0.2) is 68.6 Å². The molecule has 0 aromatic carbocycles. The van der Waals surface area contributed by atoms with Gasteiger partial charge in [0.05, 0.1) is 19.8 Å². The third kappa shape index (κ3) is 2.69. The molecule has 0 aromatic rings. The summed E-state index contributed by atoms with van der Waals surface area (Å²) in [5.74, 6) is -0.245. The lowest BCUT2D eigenvalue weighted by Crippen LogP contribution is -2.37. The molecule has 15 heavy (non-hydrogen) atoms. The van der Waals surface area contributed by atoms with E-state index in [1.807, 2.05) is 0 Å². The van der Waals surface area contributed by atoms with E-state index in [2.05, 4.69) is 23.8 Å². The van der Waals surface area contributed by atoms with Gasteiger partial charge >= 0.3 is 0 Å². The molecule has 4 nitrogen and oxygen atoms in total. The molecule has 2 saturated heterocycles. The normalized spacial score (nSPS) is 25.8. The van der Waals surface area contributed by atoms with Crippen LogP contribution in [0.4, 0.5) is 0 Å². The molecule has 0 N–H and O–H groups in total. The Bertz CT molecular complexity index is 205. The molecule has 4 heteroatoms. The highest BCUT2D eigenvalue weighted by Gasteiger charge is 2.42. The third-order valence-corrected chi connectivity index (χ3v) is 3.42. The van der Waals surface area contributed by atoms with Gasteiger partial charge in [0.1, 0.15) is 0 Å². The minimum Gasteiger partial charge on any atom is -0.346 e. The van der Waals surface area contributed by atoms with Crippen LogP contribution in [0, 0.1) is 0 Å². The second kappa shape index (κ2) is 4.78. The molecule has 1 spiro atoms. The molecular weight excluding hydrogens is 192 g/mol. The lowest BCUT2D eigenvalue weighted by atomic mass is 10.2. The maximum absolute atomic E-state index is 5.69. The molecule has 0 atom stereocenters. The van der Waals surface area contributed by atoms with Crippen molar-refractivity contribution in [1.29, 1.82) is 0 Å². The molecule has 2 aliphatic rings. The van der Waals surface area contributed by atoms with Crippen molar-refractivity contribution in [3.63, 3.8) is 0 Å². The summed E-state index contributed by atoms with van der Waals surface area (Å²) in [6, 6.07) is 0. The van der Waals surface area contributed by atoms with Crippen LogP contribution in [0.1, 0.15) is 13.3 Å². The monoisotopic (exact) mass is 214 g/mol. The summed E-state index contributed by atoms with van der Waals surface area (Å²) in [6.45, 7) is 9.15. The number of likely N-dealkylation sites (tertiary alicyclic amines) is 1. The van der Waals surface area contributed by atoms with E-state index in [1.54, 1.807) is 0 Å². The largest absolute Gasteiger partial charge is 0.346 e. The molecule has 0 unspecified atom stereocenters. The molecule has 2 aliphatic heterocycles. The fraction of sp³-hybridized carbons (Fsp3) is 1.00. The summed E-state index contributed by atoms with van der Waals surface area (Å²) in [5.41, 5.74) is 0. The van der Waals surface area contributed by atoms with Gasteiger partial charge in [0.15, 0.2) is 5.79 Å². The fourth-order valence-electron chi connectivity index (χ4n) is 2.22. The zero-order valence-electron chi connectivity index (χ0n) is 9.87. The number of likely N-dealkylation sites (N-methyl/N-ethyl adjacent to an activating group) is 1. The van der Waals surface area contributed by atoms with Crippen molar-refractivity contribution in [2.45, 2.75) is 19.1 Å². The van der Waals surface area contributed by atoms with Crippen molar-refractivity contribution >= 4 is 0 Å². The number of hydrogen-bond donors (Lipinski definition) is 0. The van der Waals surface area contributed by atoms with Gasteiger partial charge in [0, 0.05) is 26.1 Å². The Balaban J connectivity index is 1.73. The average Bonchev–Trinajstić information content (AvgIpc) is 2.86. The van der Waals surface area contributed by atoms with Gasteiger partial charge in [-0.05, 0) is 13.6 Å². The Labute approximate surface area is 92.1 Å². The number of ether oxygens (including phenoxy) is 2. The Morgan fingerprint density at radius 2 is 2.07 bits per heavy atom. The summed E-state index contributed by atoms with van der Waals surface area (Å²) in [5, 5.41) is 0. The van der Waals surface area contributed by atoms with E-state index >= 15 is 0 Å². The van der Waals surface area contributed by atoms with Gasteiger partial charge in [0.2, 0.25) is 0 Å². The number of nitrogens with zero attached hydrogens (tertiary/aromatic N) is 2. The molecule has 0 aliphatic carbocycles. The van der Waals surface area contributed by atoms with Gasteiger partial charge in [-0.15, -0.1) is 0 Å². The highest BCUT2D eigenvalue weighted by Crippen LogP contribution is 2.29. The first-order chi connectivity index (χ1) is 7.24. The van der Waals surface area contributed by atoms with Crippen LogP contribution in [0.3, 0.4) is 0 Å². The van der Waals surface area contributed by atoms with Crippen LogP contribution in [0.15, 0.2) is 0 Å². The van der Waals surface area contributed by atoms with Gasteiger partial charge in [-0.2, -0.15) is 0 Å². The first kappa shape index (κ1) is 11.3. The zero-order valence-corrected chi connectivity index (χ0v) is 9.87. The van der Waals surface area contributed by atoms with Crippen molar-refractivity contribution < 1.29 is 9.47 Å². The first-order valence-corrected chi connectivity index (χ1v) is 5.93. The van der Waals surface area contributed by atoms with Crippen molar-refractivity contribution in [2.24, 2.45) is 0 Å². The van der Waals surface area contributed by atoms with E-state index in [-0.39, 0.29) is 5.79 Å². The van der Waals surface area contributed by atoms with E-state index in [1.165, 1.54) is 0 Å². The predicted molar refractivity (Wildman–Crippen MR) is 58.9 cm³/mol. The molecule has 0 amide bonds. The van der Waals surface area contributed by atoms with Crippen molar-refractivity contribution in [2.75, 3.05) is 53.0 Å². The van der Waals surface area contributed by atoms with E-state index in [0.29, 0.717) is 0 Å². The highest BCUT2D eigenvalue weighted by atomic mass is 16.7. The highest BCUT2D eigenvalue weighted by molar-refractivity contribution is 4.86. The van der Waals surface area contributed by atoms with Gasteiger partial charge in [-0.1, -0.05) is 6.92 Å². The zero-order chi connectivity index (χ0) is 10.7. The Hall–Kier alpha value is -0.160. The van der Waals surface area contributed by atoms with Crippen LogP contribution < -0.4 is 0 Å². The SMILES string of the molecule is CCN(C)CCN1CCC2(C1)OCCO2. The van der Waals surface area contributed by atoms with Crippen LogP contribution >= 0.6 is 0 Å². The molecular formula is C11H22N2O2. The van der Waals surface area contributed by atoms with E-state index in [9.17, 15) is 0 Å². The predicted octanol–water partition coefficient (Wildman–Crippen LogP) is 0.387. The van der Waals surface area contributed by atoms with Crippen LogP contribution in [0.25, 0.3) is 0 Å². The minimum atomic E-state index is -0.245. The van der Waals surface area contributed by atoms with Gasteiger partial charge < -0.3 is 14.4 Å². The van der Waals surface area contributed by atoms with Crippen LogP contribution in [0.2, 0.25) is 0 Å².